The van der Waals surface area contributed by atoms with Crippen molar-refractivity contribution in [1.29, 1.82) is 0 Å². The van der Waals surface area contributed by atoms with E-state index in [0.29, 0.717) is 0 Å². The van der Waals surface area contributed by atoms with Gasteiger partial charge in [0.15, 0.2) is 0 Å². The van der Waals surface area contributed by atoms with E-state index in [1.54, 1.807) is 0 Å². The van der Waals surface area contributed by atoms with Crippen LogP contribution in [0.25, 0.3) is 0 Å². The zero-order valence-corrected chi connectivity index (χ0v) is 7.29. The molecule has 0 radical (unpaired) electrons. The summed E-state index contributed by atoms with van der Waals surface area (Å²) in [5.74, 6) is -0.201. The number of hydrogen-bond acceptors (Lipinski definition) is 3. The fraction of sp³-hybridized carbons (Fsp3) is 1.00. The van der Waals surface area contributed by atoms with Gasteiger partial charge in [-0.3, -0.25) is 4.55 Å². The van der Waals surface area contributed by atoms with E-state index in [4.69, 9.17) is 23.8 Å². The highest BCUT2D eigenvalue weighted by atomic mass is 32.2. The number of hydrogen-bond donors (Lipinski definition) is 4. The van der Waals surface area contributed by atoms with Crippen molar-refractivity contribution in [3.63, 3.8) is 0 Å². The van der Waals surface area contributed by atoms with Gasteiger partial charge in [0.1, 0.15) is 0 Å². The topological polar surface area (TPSA) is 132 Å². The molecule has 9 heteroatoms. The summed E-state index contributed by atoms with van der Waals surface area (Å²) in [5, 5.41) is 0. The molecule has 0 unspecified atom stereocenters. The highest BCUT2D eigenvalue weighted by molar-refractivity contribution is 7.85. The average molecular weight is 208 g/mol. The van der Waals surface area contributed by atoms with Crippen LogP contribution < -0.4 is 0 Å². The Morgan fingerprint density at radius 2 is 1.36 bits per heavy atom. The Morgan fingerprint density at radius 3 is 1.36 bits per heavy atom. The van der Waals surface area contributed by atoms with E-state index in [0.717, 1.165) is 0 Å². The van der Waals surface area contributed by atoms with E-state index < -0.39 is 17.9 Å². The molecule has 0 rings (SSSR count). The molecular weight excluding hydrogens is 199 g/mol. The highest BCUT2D eigenvalue weighted by Crippen LogP contribution is 2.25. The van der Waals surface area contributed by atoms with E-state index in [1.807, 2.05) is 0 Å². The van der Waals surface area contributed by atoms with Crippen LogP contribution in [0.15, 0.2) is 0 Å². The SMILES string of the molecule is CCS(=O)(=O)O.O=P(O)(O)O. The molecule has 11 heavy (non-hydrogen) atoms. The Morgan fingerprint density at radius 1 is 1.27 bits per heavy atom. The van der Waals surface area contributed by atoms with Crippen molar-refractivity contribution in [2.24, 2.45) is 0 Å². The molecular formula is C2H9O7PS. The molecule has 0 aromatic heterocycles. The first-order valence-electron chi connectivity index (χ1n) is 2.29. The smallest absolute Gasteiger partial charge is 0.303 e. The minimum Gasteiger partial charge on any atom is -0.303 e. The minimum atomic E-state index is -4.64. The van der Waals surface area contributed by atoms with Gasteiger partial charge in [0.05, 0.1) is 5.75 Å². The summed E-state index contributed by atoms with van der Waals surface area (Å²) in [6, 6.07) is 0. The van der Waals surface area contributed by atoms with Crippen molar-refractivity contribution in [1.82, 2.24) is 0 Å². The lowest BCUT2D eigenvalue weighted by atomic mass is 11.0. The van der Waals surface area contributed by atoms with Gasteiger partial charge in [-0.25, -0.2) is 4.57 Å². The Balaban J connectivity index is 0. The van der Waals surface area contributed by atoms with Crippen molar-refractivity contribution < 1.29 is 32.2 Å². The van der Waals surface area contributed by atoms with E-state index in [9.17, 15) is 8.42 Å². The second kappa shape index (κ2) is 4.81. The maximum absolute atomic E-state index is 9.56. The van der Waals surface area contributed by atoms with Crippen LogP contribution in [0.3, 0.4) is 0 Å². The van der Waals surface area contributed by atoms with E-state index >= 15 is 0 Å². The van der Waals surface area contributed by atoms with Gasteiger partial charge in [0.2, 0.25) is 0 Å². The van der Waals surface area contributed by atoms with Crippen molar-refractivity contribution >= 4 is 17.9 Å². The standard InChI is InChI=1S/C2H6O3S.H3O4P/c1-2-6(3,4)5;1-5(2,3)4/h2H2,1H3,(H,3,4,5);(H3,1,2,3,4). The van der Waals surface area contributed by atoms with E-state index in [1.165, 1.54) is 6.92 Å². The third kappa shape index (κ3) is 70.7. The normalized spacial score (nSPS) is 11.7. The quantitative estimate of drug-likeness (QED) is 0.319. The van der Waals surface area contributed by atoms with Crippen LogP contribution >= 0.6 is 7.82 Å². The van der Waals surface area contributed by atoms with Crippen LogP contribution in [-0.2, 0) is 14.7 Å². The molecule has 0 saturated heterocycles. The van der Waals surface area contributed by atoms with Crippen LogP contribution in [0.2, 0.25) is 0 Å². The molecule has 70 valence electrons. The predicted octanol–water partition coefficient (Wildman–Crippen LogP) is -1.03. The Hall–Kier alpha value is 0.0200. The Labute approximate surface area is 63.7 Å². The maximum atomic E-state index is 9.56. The summed E-state index contributed by atoms with van der Waals surface area (Å²) in [6.07, 6.45) is 0. The third-order valence-corrected chi connectivity index (χ3v) is 1.09. The predicted molar refractivity (Wildman–Crippen MR) is 36.4 cm³/mol. The monoisotopic (exact) mass is 208 g/mol. The van der Waals surface area contributed by atoms with Crippen molar-refractivity contribution in [2.75, 3.05) is 5.75 Å². The maximum Gasteiger partial charge on any atom is 0.466 e. The molecule has 0 heterocycles. The van der Waals surface area contributed by atoms with Gasteiger partial charge in [-0.05, 0) is 6.92 Å². The summed E-state index contributed by atoms with van der Waals surface area (Å²) in [7, 11) is -8.30. The average Bonchev–Trinajstić information content (AvgIpc) is 1.59. The summed E-state index contributed by atoms with van der Waals surface area (Å²) in [5.41, 5.74) is 0. The fourth-order valence-electron chi connectivity index (χ4n) is 0. The lowest BCUT2D eigenvalue weighted by Gasteiger charge is -1.82. The molecule has 0 spiro atoms. The summed E-state index contributed by atoms with van der Waals surface area (Å²) >= 11 is 0. The second-order valence-corrected chi connectivity index (χ2v) is 4.15. The summed E-state index contributed by atoms with van der Waals surface area (Å²) in [4.78, 5) is 21.6. The lowest BCUT2D eigenvalue weighted by Crippen LogP contribution is -1.97. The molecule has 0 saturated carbocycles. The van der Waals surface area contributed by atoms with Crippen LogP contribution in [0, 0.1) is 0 Å². The van der Waals surface area contributed by atoms with Gasteiger partial charge < -0.3 is 14.7 Å². The molecule has 0 aliphatic heterocycles. The molecule has 0 bridgehead atoms. The first-order valence-corrected chi connectivity index (χ1v) is 5.47. The first-order chi connectivity index (χ1) is 4.56. The van der Waals surface area contributed by atoms with Crippen LogP contribution in [0.5, 0.6) is 0 Å². The third-order valence-electron chi connectivity index (χ3n) is 0.365. The van der Waals surface area contributed by atoms with Crippen LogP contribution in [0.1, 0.15) is 6.92 Å². The van der Waals surface area contributed by atoms with Gasteiger partial charge in [0, 0.05) is 0 Å². The van der Waals surface area contributed by atoms with Gasteiger partial charge in [-0.2, -0.15) is 8.42 Å². The molecule has 0 aromatic carbocycles. The number of phosphoric acid groups is 1. The molecule has 0 fully saturated rings. The van der Waals surface area contributed by atoms with E-state index in [2.05, 4.69) is 0 Å². The zero-order valence-electron chi connectivity index (χ0n) is 5.58. The van der Waals surface area contributed by atoms with Crippen LogP contribution in [0.4, 0.5) is 0 Å². The largest absolute Gasteiger partial charge is 0.466 e. The van der Waals surface area contributed by atoms with Crippen molar-refractivity contribution in [2.45, 2.75) is 6.92 Å². The lowest BCUT2D eigenvalue weighted by molar-refractivity contribution is 0.275. The first kappa shape index (κ1) is 13.6. The molecule has 0 aliphatic rings. The summed E-state index contributed by atoms with van der Waals surface area (Å²) in [6.45, 7) is 1.37. The molecule has 0 amide bonds. The molecule has 0 aromatic rings. The Bertz CT molecular complexity index is 215. The summed E-state index contributed by atoms with van der Waals surface area (Å²) < 4.78 is 35.8. The minimum absolute atomic E-state index is 0.201. The van der Waals surface area contributed by atoms with Crippen molar-refractivity contribution in [3.8, 4) is 0 Å². The van der Waals surface area contributed by atoms with Crippen molar-refractivity contribution in [3.05, 3.63) is 0 Å². The number of rotatable bonds is 1. The zero-order chi connectivity index (χ0) is 9.71. The highest BCUT2D eigenvalue weighted by Gasteiger charge is 2.00. The van der Waals surface area contributed by atoms with Gasteiger partial charge in [0.25, 0.3) is 10.1 Å². The van der Waals surface area contributed by atoms with Crippen LogP contribution in [-0.4, -0.2) is 33.4 Å². The Kier molecular flexibility index (Phi) is 5.95. The molecule has 4 N–H and O–H groups in total. The molecule has 0 atom stereocenters. The van der Waals surface area contributed by atoms with Gasteiger partial charge in [-0.1, -0.05) is 0 Å². The molecule has 7 nitrogen and oxygen atoms in total. The molecule has 0 aliphatic carbocycles. The van der Waals surface area contributed by atoms with Gasteiger partial charge in [-0.15, -0.1) is 0 Å². The second-order valence-electron chi connectivity index (χ2n) is 1.38. The van der Waals surface area contributed by atoms with E-state index in [-0.39, 0.29) is 5.75 Å². The fourth-order valence-corrected chi connectivity index (χ4v) is 0. The van der Waals surface area contributed by atoms with Gasteiger partial charge >= 0.3 is 7.82 Å².